The first-order chi connectivity index (χ1) is 11.0. The van der Waals surface area contributed by atoms with Gasteiger partial charge in [-0.05, 0) is 31.5 Å². The number of nitrogens with two attached hydrogens (primary N) is 1. The van der Waals surface area contributed by atoms with Crippen LogP contribution in [0.15, 0.2) is 35.3 Å². The Bertz CT molecular complexity index is 964. The number of carbonyl (C=O) groups excluding carboxylic acids is 1. The fourth-order valence-electron chi connectivity index (χ4n) is 2.31. The van der Waals surface area contributed by atoms with Crippen molar-refractivity contribution in [2.24, 2.45) is 5.73 Å². The van der Waals surface area contributed by atoms with E-state index in [2.05, 4.69) is 15.3 Å². The Labute approximate surface area is 132 Å². The number of hydrogen-bond acceptors (Lipinski definition) is 5. The number of carbonyl (C=O) groups is 1. The molecule has 1 atom stereocenters. The van der Waals surface area contributed by atoms with Crippen molar-refractivity contribution in [1.29, 1.82) is 0 Å². The monoisotopic (exact) mass is 311 g/mol. The summed E-state index contributed by atoms with van der Waals surface area (Å²) in [6.07, 6.45) is 2.48. The number of aromatic nitrogens is 3. The number of anilines is 1. The highest BCUT2D eigenvalue weighted by Gasteiger charge is 2.16. The molecule has 3 aromatic heterocycles. The molecule has 0 saturated heterocycles. The minimum absolute atomic E-state index is 0.111. The number of rotatable bonds is 4. The van der Waals surface area contributed by atoms with Gasteiger partial charge in [-0.3, -0.25) is 14.0 Å². The van der Waals surface area contributed by atoms with Crippen molar-refractivity contribution in [3.63, 3.8) is 0 Å². The molecule has 0 bridgehead atoms. The number of fused-ring (bicyclic) bond motifs is 2. The fourth-order valence-corrected chi connectivity index (χ4v) is 2.31. The molecule has 0 aliphatic carbocycles. The zero-order valence-corrected chi connectivity index (χ0v) is 12.9. The van der Waals surface area contributed by atoms with Gasteiger partial charge in [0.15, 0.2) is 5.65 Å². The molecule has 3 rings (SSSR count). The van der Waals surface area contributed by atoms with E-state index < -0.39 is 5.91 Å². The molecule has 0 aromatic carbocycles. The summed E-state index contributed by atoms with van der Waals surface area (Å²) in [7, 11) is 0. The van der Waals surface area contributed by atoms with Crippen LogP contribution in [0.1, 0.15) is 30.6 Å². The molecular formula is C16H17N5O2. The number of amides is 1. The van der Waals surface area contributed by atoms with E-state index in [4.69, 9.17) is 5.73 Å². The van der Waals surface area contributed by atoms with Crippen LogP contribution in [0.3, 0.4) is 0 Å². The van der Waals surface area contributed by atoms with Crippen molar-refractivity contribution in [3.05, 3.63) is 46.4 Å². The van der Waals surface area contributed by atoms with Gasteiger partial charge >= 0.3 is 0 Å². The number of primary amides is 1. The van der Waals surface area contributed by atoms with Crippen molar-refractivity contribution < 1.29 is 4.79 Å². The van der Waals surface area contributed by atoms with E-state index in [0.717, 1.165) is 6.42 Å². The highest BCUT2D eigenvalue weighted by atomic mass is 16.1. The summed E-state index contributed by atoms with van der Waals surface area (Å²) in [6.45, 7) is 3.99. The zero-order chi connectivity index (χ0) is 16.6. The maximum atomic E-state index is 12.6. The van der Waals surface area contributed by atoms with Gasteiger partial charge in [-0.15, -0.1) is 0 Å². The Morgan fingerprint density at radius 1 is 1.39 bits per heavy atom. The van der Waals surface area contributed by atoms with Crippen LogP contribution < -0.4 is 16.6 Å². The predicted octanol–water partition coefficient (Wildman–Crippen LogP) is 1.55. The molecule has 0 fully saturated rings. The second kappa shape index (κ2) is 5.68. The van der Waals surface area contributed by atoms with Crippen LogP contribution >= 0.6 is 0 Å². The highest BCUT2D eigenvalue weighted by molar-refractivity contribution is 6.00. The topological polar surface area (TPSA) is 102 Å². The number of hydrogen-bond donors (Lipinski definition) is 2. The van der Waals surface area contributed by atoms with Crippen LogP contribution in [0.5, 0.6) is 0 Å². The largest absolute Gasteiger partial charge is 0.367 e. The average Bonchev–Trinajstić information content (AvgIpc) is 2.54. The van der Waals surface area contributed by atoms with Gasteiger partial charge in [0.2, 0.25) is 0 Å². The second-order valence-electron chi connectivity index (χ2n) is 5.42. The molecular weight excluding hydrogens is 294 g/mol. The summed E-state index contributed by atoms with van der Waals surface area (Å²) in [5.41, 5.74) is 6.13. The Kier molecular flexibility index (Phi) is 3.69. The van der Waals surface area contributed by atoms with Gasteiger partial charge in [0.05, 0.1) is 10.9 Å². The van der Waals surface area contributed by atoms with E-state index in [9.17, 15) is 9.59 Å². The van der Waals surface area contributed by atoms with Crippen LogP contribution in [-0.4, -0.2) is 26.3 Å². The van der Waals surface area contributed by atoms with E-state index in [1.165, 1.54) is 10.5 Å². The van der Waals surface area contributed by atoms with Gasteiger partial charge in [0.1, 0.15) is 11.5 Å². The Morgan fingerprint density at radius 3 is 2.87 bits per heavy atom. The molecule has 0 radical (unpaired) electrons. The van der Waals surface area contributed by atoms with Crippen LogP contribution in [0.2, 0.25) is 0 Å². The standard InChI is InChI=1S/C16H17N5O2/c1-3-9(2)18-14-10(13(17)22)8-11-15(20-14)19-12-6-4-5-7-21(12)16(11)23/h4-9H,3H2,1-2H3,(H2,17,22)(H,18,20). The van der Waals surface area contributed by atoms with Crippen LogP contribution in [0.25, 0.3) is 16.7 Å². The number of nitrogens with one attached hydrogen (secondary N) is 1. The first kappa shape index (κ1) is 15.0. The third-order valence-electron chi connectivity index (χ3n) is 3.77. The van der Waals surface area contributed by atoms with Crippen molar-refractivity contribution in [2.45, 2.75) is 26.3 Å². The van der Waals surface area contributed by atoms with E-state index in [-0.39, 0.29) is 28.2 Å². The average molecular weight is 311 g/mol. The summed E-state index contributed by atoms with van der Waals surface area (Å²) in [6, 6.07) is 6.84. The van der Waals surface area contributed by atoms with Crippen LogP contribution in [0.4, 0.5) is 5.82 Å². The maximum absolute atomic E-state index is 12.6. The smallest absolute Gasteiger partial charge is 0.267 e. The SMILES string of the molecule is CCC(C)Nc1nc2nc3ccccn3c(=O)c2cc1C(N)=O. The van der Waals surface area contributed by atoms with E-state index >= 15 is 0 Å². The molecule has 1 amide bonds. The van der Waals surface area contributed by atoms with Gasteiger partial charge < -0.3 is 11.1 Å². The predicted molar refractivity (Wildman–Crippen MR) is 88.7 cm³/mol. The number of nitrogens with zero attached hydrogens (tertiary/aromatic N) is 3. The molecule has 0 spiro atoms. The Morgan fingerprint density at radius 2 is 2.17 bits per heavy atom. The lowest BCUT2D eigenvalue weighted by molar-refractivity contribution is 0.100. The molecule has 7 heteroatoms. The molecule has 0 saturated carbocycles. The van der Waals surface area contributed by atoms with Gasteiger partial charge in [0.25, 0.3) is 11.5 Å². The lowest BCUT2D eigenvalue weighted by atomic mass is 10.1. The molecule has 3 N–H and O–H groups in total. The highest BCUT2D eigenvalue weighted by Crippen LogP contribution is 2.19. The molecule has 118 valence electrons. The van der Waals surface area contributed by atoms with E-state index in [0.29, 0.717) is 11.5 Å². The van der Waals surface area contributed by atoms with Crippen molar-refractivity contribution >= 4 is 28.4 Å². The number of pyridine rings is 2. The molecule has 3 heterocycles. The summed E-state index contributed by atoms with van der Waals surface area (Å²) in [5.74, 6) is -0.283. The second-order valence-corrected chi connectivity index (χ2v) is 5.42. The molecule has 23 heavy (non-hydrogen) atoms. The molecule has 0 aliphatic rings. The van der Waals surface area contributed by atoms with Gasteiger partial charge in [0, 0.05) is 12.2 Å². The van der Waals surface area contributed by atoms with E-state index in [1.54, 1.807) is 24.4 Å². The van der Waals surface area contributed by atoms with Crippen LogP contribution in [0, 0.1) is 0 Å². The summed E-state index contributed by atoms with van der Waals surface area (Å²) >= 11 is 0. The van der Waals surface area contributed by atoms with Gasteiger partial charge in [-0.1, -0.05) is 13.0 Å². The van der Waals surface area contributed by atoms with E-state index in [1.807, 2.05) is 13.8 Å². The molecule has 3 aromatic rings. The van der Waals surface area contributed by atoms with Crippen molar-refractivity contribution in [2.75, 3.05) is 5.32 Å². The first-order valence-corrected chi connectivity index (χ1v) is 7.39. The first-order valence-electron chi connectivity index (χ1n) is 7.39. The summed E-state index contributed by atoms with van der Waals surface area (Å²) in [4.78, 5) is 33.0. The van der Waals surface area contributed by atoms with Gasteiger partial charge in [-0.2, -0.15) is 0 Å². The van der Waals surface area contributed by atoms with Gasteiger partial charge in [-0.25, -0.2) is 9.97 Å². The third kappa shape index (κ3) is 2.61. The quantitative estimate of drug-likeness (QED) is 0.712. The van der Waals surface area contributed by atoms with Crippen molar-refractivity contribution in [1.82, 2.24) is 14.4 Å². The van der Waals surface area contributed by atoms with Crippen molar-refractivity contribution in [3.8, 4) is 0 Å². The minimum Gasteiger partial charge on any atom is -0.367 e. The fraction of sp³-hybridized carbons (Fsp3) is 0.250. The maximum Gasteiger partial charge on any atom is 0.267 e. The van der Waals surface area contributed by atoms with Crippen LogP contribution in [-0.2, 0) is 0 Å². The Balaban J connectivity index is 2.33. The normalized spacial score (nSPS) is 12.4. The molecule has 7 nitrogen and oxygen atoms in total. The molecule has 0 aliphatic heterocycles. The summed E-state index contributed by atoms with van der Waals surface area (Å²) < 4.78 is 1.41. The lowest BCUT2D eigenvalue weighted by Crippen LogP contribution is -2.22. The summed E-state index contributed by atoms with van der Waals surface area (Å²) in [5, 5.41) is 3.40. The zero-order valence-electron chi connectivity index (χ0n) is 12.9. The third-order valence-corrected chi connectivity index (χ3v) is 3.77. The minimum atomic E-state index is -0.636. The molecule has 1 unspecified atom stereocenters. The lowest BCUT2D eigenvalue weighted by Gasteiger charge is -2.15. The Hall–Kier alpha value is -2.96.